The molecule has 0 aliphatic carbocycles. The molecule has 0 aromatic carbocycles. The minimum Gasteiger partial charge on any atom is -0.459 e. The fourth-order valence-electron chi connectivity index (χ4n) is 1.79. The van der Waals surface area contributed by atoms with Crippen LogP contribution in [0.25, 0.3) is 0 Å². The van der Waals surface area contributed by atoms with E-state index in [1.54, 1.807) is 0 Å². The first-order valence-electron chi connectivity index (χ1n) is 5.05. The molecule has 14 heavy (non-hydrogen) atoms. The fourth-order valence-corrected chi connectivity index (χ4v) is 1.79. The van der Waals surface area contributed by atoms with Crippen molar-refractivity contribution in [3.63, 3.8) is 0 Å². The average molecular weight is 198 g/mol. The zero-order valence-corrected chi connectivity index (χ0v) is 8.91. The molecule has 0 aromatic rings. The lowest BCUT2D eigenvalue weighted by molar-refractivity contribution is -0.190. The molecule has 1 aliphatic heterocycles. The Labute approximate surface area is 85.1 Å². The van der Waals surface area contributed by atoms with E-state index < -0.39 is 0 Å². The van der Waals surface area contributed by atoms with Gasteiger partial charge in [0.05, 0.1) is 18.6 Å². The standard InChI is InChI=1S/C11H18O3/c1-4-6-11(7-13-8-11)9(3)14-10(12)5-2/h5,9H,2,4,6-8H2,1,3H3. The third-order valence-electron chi connectivity index (χ3n) is 2.85. The lowest BCUT2D eigenvalue weighted by Crippen LogP contribution is -2.51. The summed E-state index contributed by atoms with van der Waals surface area (Å²) in [4.78, 5) is 11.0. The highest BCUT2D eigenvalue weighted by Gasteiger charge is 2.44. The van der Waals surface area contributed by atoms with Gasteiger partial charge in [0.1, 0.15) is 6.10 Å². The second kappa shape index (κ2) is 4.60. The highest BCUT2D eigenvalue weighted by Crippen LogP contribution is 2.37. The Morgan fingerprint density at radius 1 is 1.71 bits per heavy atom. The highest BCUT2D eigenvalue weighted by atomic mass is 16.6. The van der Waals surface area contributed by atoms with Crippen LogP contribution in [0.3, 0.4) is 0 Å². The van der Waals surface area contributed by atoms with Crippen molar-refractivity contribution in [2.75, 3.05) is 13.2 Å². The third kappa shape index (κ3) is 2.15. The van der Waals surface area contributed by atoms with Gasteiger partial charge in [0.15, 0.2) is 0 Å². The van der Waals surface area contributed by atoms with Crippen molar-refractivity contribution in [3.8, 4) is 0 Å². The summed E-state index contributed by atoms with van der Waals surface area (Å²) in [6, 6.07) is 0. The monoisotopic (exact) mass is 198 g/mol. The predicted molar refractivity (Wildman–Crippen MR) is 53.9 cm³/mol. The van der Waals surface area contributed by atoms with Gasteiger partial charge >= 0.3 is 5.97 Å². The summed E-state index contributed by atoms with van der Waals surface area (Å²) in [6.45, 7) is 8.84. The molecule has 0 aromatic heterocycles. The van der Waals surface area contributed by atoms with Crippen LogP contribution in [0, 0.1) is 5.41 Å². The van der Waals surface area contributed by atoms with E-state index in [4.69, 9.17) is 9.47 Å². The van der Waals surface area contributed by atoms with Gasteiger partial charge in [0, 0.05) is 6.08 Å². The van der Waals surface area contributed by atoms with E-state index in [1.807, 2.05) is 6.92 Å². The minimum absolute atomic E-state index is 0.0490. The van der Waals surface area contributed by atoms with Crippen molar-refractivity contribution in [1.29, 1.82) is 0 Å². The summed E-state index contributed by atoms with van der Waals surface area (Å²) in [7, 11) is 0. The maximum absolute atomic E-state index is 11.0. The van der Waals surface area contributed by atoms with Crippen molar-refractivity contribution in [2.24, 2.45) is 5.41 Å². The summed E-state index contributed by atoms with van der Waals surface area (Å²) >= 11 is 0. The molecular formula is C11H18O3. The number of ether oxygens (including phenoxy) is 2. The summed E-state index contributed by atoms with van der Waals surface area (Å²) in [5.41, 5.74) is 0.0490. The maximum Gasteiger partial charge on any atom is 0.330 e. The Balaban J connectivity index is 2.51. The zero-order valence-electron chi connectivity index (χ0n) is 8.91. The van der Waals surface area contributed by atoms with E-state index in [9.17, 15) is 4.79 Å². The Bertz CT molecular complexity index is 219. The number of carbonyl (C=O) groups excluding carboxylic acids is 1. The molecule has 0 radical (unpaired) electrons. The predicted octanol–water partition coefficient (Wildman–Crippen LogP) is 1.92. The summed E-state index contributed by atoms with van der Waals surface area (Å²) < 4.78 is 10.4. The Hall–Kier alpha value is -0.830. The van der Waals surface area contributed by atoms with Gasteiger partial charge in [-0.25, -0.2) is 4.79 Å². The van der Waals surface area contributed by atoms with Crippen LogP contribution in [0.4, 0.5) is 0 Å². The molecule has 1 rings (SSSR count). The Kier molecular flexibility index (Phi) is 3.69. The lowest BCUT2D eigenvalue weighted by atomic mass is 9.77. The average Bonchev–Trinajstić information content (AvgIpc) is 2.10. The third-order valence-corrected chi connectivity index (χ3v) is 2.85. The Morgan fingerprint density at radius 2 is 2.36 bits per heavy atom. The quantitative estimate of drug-likeness (QED) is 0.500. The number of carbonyl (C=O) groups is 1. The van der Waals surface area contributed by atoms with Gasteiger partial charge in [-0.1, -0.05) is 19.9 Å². The lowest BCUT2D eigenvalue weighted by Gasteiger charge is -2.45. The molecule has 1 heterocycles. The molecule has 0 saturated carbocycles. The molecular weight excluding hydrogens is 180 g/mol. The Morgan fingerprint density at radius 3 is 2.71 bits per heavy atom. The van der Waals surface area contributed by atoms with Gasteiger partial charge in [-0.3, -0.25) is 0 Å². The molecule has 0 bridgehead atoms. The van der Waals surface area contributed by atoms with Gasteiger partial charge in [0.25, 0.3) is 0 Å². The highest BCUT2D eigenvalue weighted by molar-refractivity contribution is 5.81. The van der Waals surface area contributed by atoms with Crippen molar-refractivity contribution < 1.29 is 14.3 Å². The van der Waals surface area contributed by atoms with Crippen LogP contribution in [0.15, 0.2) is 12.7 Å². The first-order valence-corrected chi connectivity index (χ1v) is 5.05. The van der Waals surface area contributed by atoms with E-state index in [0.29, 0.717) is 13.2 Å². The molecule has 0 amide bonds. The molecule has 1 saturated heterocycles. The normalized spacial score (nSPS) is 20.7. The van der Waals surface area contributed by atoms with Crippen LogP contribution in [0.5, 0.6) is 0 Å². The molecule has 1 unspecified atom stereocenters. The van der Waals surface area contributed by atoms with E-state index >= 15 is 0 Å². The molecule has 3 heteroatoms. The zero-order chi connectivity index (χ0) is 10.6. The van der Waals surface area contributed by atoms with E-state index in [-0.39, 0.29) is 17.5 Å². The van der Waals surface area contributed by atoms with E-state index in [0.717, 1.165) is 12.8 Å². The van der Waals surface area contributed by atoms with E-state index in [2.05, 4.69) is 13.5 Å². The number of hydrogen-bond acceptors (Lipinski definition) is 3. The number of esters is 1. The summed E-state index contributed by atoms with van der Waals surface area (Å²) in [5, 5.41) is 0. The maximum atomic E-state index is 11.0. The van der Waals surface area contributed by atoms with Gasteiger partial charge in [-0.2, -0.15) is 0 Å². The van der Waals surface area contributed by atoms with Gasteiger partial charge in [-0.05, 0) is 13.3 Å². The molecule has 0 N–H and O–H groups in total. The molecule has 80 valence electrons. The van der Waals surface area contributed by atoms with Crippen LogP contribution in [-0.2, 0) is 14.3 Å². The molecule has 3 nitrogen and oxygen atoms in total. The SMILES string of the molecule is C=CC(=O)OC(C)C1(CCC)COC1. The van der Waals surface area contributed by atoms with Gasteiger partial charge in [-0.15, -0.1) is 0 Å². The van der Waals surface area contributed by atoms with Gasteiger partial charge < -0.3 is 9.47 Å². The molecule has 0 spiro atoms. The molecule has 1 atom stereocenters. The van der Waals surface area contributed by atoms with Crippen molar-refractivity contribution in [3.05, 3.63) is 12.7 Å². The van der Waals surface area contributed by atoms with Crippen molar-refractivity contribution in [2.45, 2.75) is 32.8 Å². The largest absolute Gasteiger partial charge is 0.459 e. The van der Waals surface area contributed by atoms with Crippen LogP contribution in [0.1, 0.15) is 26.7 Å². The molecule has 1 fully saturated rings. The number of rotatable bonds is 5. The fraction of sp³-hybridized carbons (Fsp3) is 0.727. The smallest absolute Gasteiger partial charge is 0.330 e. The minimum atomic E-state index is -0.347. The topological polar surface area (TPSA) is 35.5 Å². The summed E-state index contributed by atoms with van der Waals surface area (Å²) in [6.07, 6.45) is 3.25. The van der Waals surface area contributed by atoms with Crippen LogP contribution in [0.2, 0.25) is 0 Å². The molecule has 1 aliphatic rings. The van der Waals surface area contributed by atoms with Crippen LogP contribution >= 0.6 is 0 Å². The van der Waals surface area contributed by atoms with E-state index in [1.165, 1.54) is 6.08 Å². The van der Waals surface area contributed by atoms with Crippen LogP contribution in [-0.4, -0.2) is 25.3 Å². The second-order valence-corrected chi connectivity index (χ2v) is 3.89. The first kappa shape index (κ1) is 11.2. The number of hydrogen-bond donors (Lipinski definition) is 0. The first-order chi connectivity index (χ1) is 6.64. The van der Waals surface area contributed by atoms with Crippen LogP contribution < -0.4 is 0 Å². The second-order valence-electron chi connectivity index (χ2n) is 3.89. The van der Waals surface area contributed by atoms with Crippen molar-refractivity contribution in [1.82, 2.24) is 0 Å². The summed E-state index contributed by atoms with van der Waals surface area (Å²) in [5.74, 6) is -0.347. The van der Waals surface area contributed by atoms with Crippen molar-refractivity contribution >= 4 is 5.97 Å². The van der Waals surface area contributed by atoms with Gasteiger partial charge in [0.2, 0.25) is 0 Å².